The molecule has 35 heavy (non-hydrogen) atoms. The van der Waals surface area contributed by atoms with Gasteiger partial charge >= 0.3 is 0 Å². The van der Waals surface area contributed by atoms with Gasteiger partial charge in [0.2, 0.25) is 11.7 Å². The lowest BCUT2D eigenvalue weighted by Gasteiger charge is -2.35. The Hall–Kier alpha value is -3.65. The number of fused-ring (bicyclic) bond motifs is 1. The molecular formula is C27H28FN5O2. The summed E-state index contributed by atoms with van der Waals surface area (Å²) in [5, 5.41) is 4.87. The van der Waals surface area contributed by atoms with Crippen molar-refractivity contribution in [3.63, 3.8) is 0 Å². The predicted octanol–water partition coefficient (Wildman–Crippen LogP) is 4.43. The number of aromatic nitrogens is 3. The Morgan fingerprint density at radius 2 is 1.77 bits per heavy atom. The van der Waals surface area contributed by atoms with E-state index in [-0.39, 0.29) is 11.7 Å². The first kappa shape index (κ1) is 23.1. The summed E-state index contributed by atoms with van der Waals surface area (Å²) >= 11 is 0. The molecule has 4 aromatic rings. The highest BCUT2D eigenvalue weighted by Gasteiger charge is 2.24. The Morgan fingerprint density at radius 1 is 1.00 bits per heavy atom. The minimum Gasteiger partial charge on any atom is -0.339 e. The molecule has 0 spiro atoms. The number of benzene rings is 2. The Morgan fingerprint density at radius 3 is 2.54 bits per heavy atom. The smallest absolute Gasteiger partial charge is 0.255 e. The van der Waals surface area contributed by atoms with E-state index in [4.69, 9.17) is 4.52 Å². The van der Waals surface area contributed by atoms with Gasteiger partial charge in [0, 0.05) is 49.6 Å². The van der Waals surface area contributed by atoms with Crippen molar-refractivity contribution in [3.05, 3.63) is 77.1 Å². The Balaban J connectivity index is 1.12. The molecule has 0 N–H and O–H groups in total. The summed E-state index contributed by atoms with van der Waals surface area (Å²) in [4.78, 5) is 26.3. The molecule has 1 aliphatic heterocycles. The van der Waals surface area contributed by atoms with Gasteiger partial charge in [-0.05, 0) is 45.0 Å². The van der Waals surface area contributed by atoms with Gasteiger partial charge in [-0.1, -0.05) is 35.0 Å². The van der Waals surface area contributed by atoms with E-state index < -0.39 is 0 Å². The molecule has 2 aromatic carbocycles. The zero-order chi connectivity index (χ0) is 24.4. The van der Waals surface area contributed by atoms with Gasteiger partial charge in [0.25, 0.3) is 5.91 Å². The third kappa shape index (κ3) is 5.22. The van der Waals surface area contributed by atoms with Crippen molar-refractivity contribution < 1.29 is 13.7 Å². The molecule has 2 aromatic heterocycles. The summed E-state index contributed by atoms with van der Waals surface area (Å²) in [5.74, 6) is 0.921. The van der Waals surface area contributed by atoms with Gasteiger partial charge in [-0.3, -0.25) is 14.7 Å². The normalized spacial score (nSPS) is 14.5. The Bertz CT molecular complexity index is 1340. The third-order valence-electron chi connectivity index (χ3n) is 6.50. The third-order valence-corrected chi connectivity index (χ3v) is 6.50. The quantitative estimate of drug-likeness (QED) is 0.412. The molecule has 1 fully saturated rings. The van der Waals surface area contributed by atoms with Gasteiger partial charge in [0.05, 0.1) is 16.8 Å². The van der Waals surface area contributed by atoms with E-state index in [1.807, 2.05) is 42.2 Å². The second kappa shape index (κ2) is 9.92. The average Bonchev–Trinajstić information content (AvgIpc) is 3.33. The highest BCUT2D eigenvalue weighted by atomic mass is 19.1. The molecule has 0 saturated carbocycles. The molecule has 1 amide bonds. The van der Waals surface area contributed by atoms with Crippen molar-refractivity contribution >= 4 is 16.8 Å². The standard InChI is InChI=1S/C27H28FN5O2/c1-18-5-7-20(8-6-18)26-30-25(35-31-26)4-3-11-32-12-14-33(15-13-32)27(34)23-16-21-9-10-22(28)17-24(21)29-19(23)2/h5-10,16-17H,3-4,11-15H2,1-2H3. The number of aryl methyl sites for hydroxylation is 3. The Kier molecular flexibility index (Phi) is 6.55. The van der Waals surface area contributed by atoms with Crippen LogP contribution in [0.25, 0.3) is 22.3 Å². The van der Waals surface area contributed by atoms with E-state index in [2.05, 4.69) is 20.0 Å². The minimum absolute atomic E-state index is 0.0182. The van der Waals surface area contributed by atoms with E-state index in [0.717, 1.165) is 43.4 Å². The van der Waals surface area contributed by atoms with Crippen molar-refractivity contribution in [2.45, 2.75) is 26.7 Å². The van der Waals surface area contributed by atoms with Crippen LogP contribution in [0.1, 0.15) is 33.9 Å². The number of carbonyl (C=O) groups excluding carboxylic acids is 1. The summed E-state index contributed by atoms with van der Waals surface area (Å²) in [5.41, 5.74) is 3.92. The van der Waals surface area contributed by atoms with Crippen LogP contribution in [0.5, 0.6) is 0 Å². The maximum Gasteiger partial charge on any atom is 0.255 e. The lowest BCUT2D eigenvalue weighted by Crippen LogP contribution is -2.49. The fourth-order valence-electron chi connectivity index (χ4n) is 4.43. The molecule has 0 aliphatic carbocycles. The predicted molar refractivity (Wildman–Crippen MR) is 132 cm³/mol. The van der Waals surface area contributed by atoms with Crippen LogP contribution in [0.2, 0.25) is 0 Å². The molecule has 0 unspecified atom stereocenters. The zero-order valence-corrected chi connectivity index (χ0v) is 20.0. The van der Waals surface area contributed by atoms with Gasteiger partial charge in [-0.25, -0.2) is 4.39 Å². The molecule has 0 radical (unpaired) electrons. The first-order valence-corrected chi connectivity index (χ1v) is 11.9. The fraction of sp³-hybridized carbons (Fsp3) is 0.333. The SMILES string of the molecule is Cc1ccc(-c2noc(CCCN3CCN(C(=O)c4cc5ccc(F)cc5nc4C)CC3)n2)cc1. The number of halogens is 1. The summed E-state index contributed by atoms with van der Waals surface area (Å²) < 4.78 is 18.9. The second-order valence-electron chi connectivity index (χ2n) is 9.07. The number of carbonyl (C=O) groups is 1. The van der Waals surface area contributed by atoms with Crippen molar-refractivity contribution in [1.29, 1.82) is 0 Å². The van der Waals surface area contributed by atoms with Crippen molar-refractivity contribution in [2.24, 2.45) is 0 Å². The van der Waals surface area contributed by atoms with Crippen LogP contribution in [0.15, 0.2) is 53.1 Å². The zero-order valence-electron chi connectivity index (χ0n) is 20.0. The monoisotopic (exact) mass is 473 g/mol. The summed E-state index contributed by atoms with van der Waals surface area (Å²) in [6, 6.07) is 14.3. The summed E-state index contributed by atoms with van der Waals surface area (Å²) in [7, 11) is 0. The number of hydrogen-bond acceptors (Lipinski definition) is 6. The molecule has 1 saturated heterocycles. The van der Waals surface area contributed by atoms with Gasteiger partial charge in [-0.2, -0.15) is 4.98 Å². The second-order valence-corrected chi connectivity index (χ2v) is 9.07. The van der Waals surface area contributed by atoms with Gasteiger partial charge in [-0.15, -0.1) is 0 Å². The largest absolute Gasteiger partial charge is 0.339 e. The van der Waals surface area contributed by atoms with Crippen LogP contribution < -0.4 is 0 Å². The van der Waals surface area contributed by atoms with Crippen LogP contribution in [0.3, 0.4) is 0 Å². The number of rotatable bonds is 6. The molecule has 5 rings (SSSR count). The molecular weight excluding hydrogens is 445 g/mol. The number of hydrogen-bond donors (Lipinski definition) is 0. The van der Waals surface area contributed by atoms with Crippen LogP contribution in [0.4, 0.5) is 4.39 Å². The topological polar surface area (TPSA) is 75.4 Å². The minimum atomic E-state index is -0.328. The molecule has 180 valence electrons. The summed E-state index contributed by atoms with van der Waals surface area (Å²) in [6.45, 7) is 7.72. The first-order valence-electron chi connectivity index (χ1n) is 11.9. The highest BCUT2D eigenvalue weighted by Crippen LogP contribution is 2.20. The van der Waals surface area contributed by atoms with Crippen molar-refractivity contribution in [2.75, 3.05) is 32.7 Å². The van der Waals surface area contributed by atoms with Crippen LogP contribution in [-0.4, -0.2) is 63.6 Å². The van der Waals surface area contributed by atoms with Crippen molar-refractivity contribution in [1.82, 2.24) is 24.9 Å². The molecule has 3 heterocycles. The van der Waals surface area contributed by atoms with Gasteiger partial charge in [0.1, 0.15) is 5.82 Å². The van der Waals surface area contributed by atoms with Crippen molar-refractivity contribution in [3.8, 4) is 11.4 Å². The molecule has 0 bridgehead atoms. The Labute approximate surface area is 203 Å². The van der Waals surface area contributed by atoms with Gasteiger partial charge < -0.3 is 9.42 Å². The van der Waals surface area contributed by atoms with E-state index in [1.54, 1.807) is 13.0 Å². The van der Waals surface area contributed by atoms with Crippen LogP contribution in [-0.2, 0) is 6.42 Å². The molecule has 0 atom stereocenters. The average molecular weight is 474 g/mol. The van der Waals surface area contributed by atoms with E-state index in [9.17, 15) is 9.18 Å². The molecule has 8 heteroatoms. The number of amides is 1. The number of piperazine rings is 1. The maximum absolute atomic E-state index is 13.5. The number of nitrogens with zero attached hydrogens (tertiary/aromatic N) is 5. The van der Waals surface area contributed by atoms with E-state index >= 15 is 0 Å². The van der Waals surface area contributed by atoms with Crippen LogP contribution in [0, 0.1) is 19.7 Å². The molecule has 1 aliphatic rings. The van der Waals surface area contributed by atoms with Gasteiger partial charge in [0.15, 0.2) is 0 Å². The number of pyridine rings is 1. The summed E-state index contributed by atoms with van der Waals surface area (Å²) in [6.07, 6.45) is 1.63. The lowest BCUT2D eigenvalue weighted by molar-refractivity contribution is 0.0634. The maximum atomic E-state index is 13.5. The fourth-order valence-corrected chi connectivity index (χ4v) is 4.43. The lowest BCUT2D eigenvalue weighted by atomic mass is 10.1. The van der Waals surface area contributed by atoms with Crippen LogP contribution >= 0.6 is 0 Å². The molecule has 7 nitrogen and oxygen atoms in total. The first-order chi connectivity index (χ1) is 17.0. The van der Waals surface area contributed by atoms with E-state index in [0.29, 0.717) is 41.6 Å². The highest BCUT2D eigenvalue weighted by molar-refractivity contribution is 5.98. The van der Waals surface area contributed by atoms with E-state index in [1.165, 1.54) is 17.7 Å².